The molecule has 3 aromatic rings. The fraction of sp³-hybridized carbons (Fsp3) is 0.387. The molecule has 174 valence electrons. The number of rotatable bonds is 16. The third-order valence-corrected chi connectivity index (χ3v) is 6.33. The largest absolute Gasteiger partial charge is 0.361 e. The lowest BCUT2D eigenvalue weighted by atomic mass is 9.80. The van der Waals surface area contributed by atoms with E-state index in [-0.39, 0.29) is 0 Å². The van der Waals surface area contributed by atoms with E-state index in [4.69, 9.17) is 4.74 Å². The van der Waals surface area contributed by atoms with Crippen molar-refractivity contribution in [1.29, 1.82) is 0 Å². The number of carbonyl (C=O) groups is 1. The molecule has 3 rings (SSSR count). The van der Waals surface area contributed by atoms with Gasteiger partial charge in [-0.25, -0.2) is 0 Å². The summed E-state index contributed by atoms with van der Waals surface area (Å²) < 4.78 is 6.84. The summed E-state index contributed by atoms with van der Waals surface area (Å²) in [5, 5.41) is 0. The Balaban J connectivity index is 1.59. The Morgan fingerprint density at radius 1 is 0.515 bits per heavy atom. The van der Waals surface area contributed by atoms with Crippen LogP contribution in [0.25, 0.3) is 0 Å². The fourth-order valence-electron chi connectivity index (χ4n) is 4.56. The molecule has 0 amide bonds. The zero-order chi connectivity index (χ0) is 23.0. The highest BCUT2D eigenvalue weighted by molar-refractivity contribution is 5.49. The lowest BCUT2D eigenvalue weighted by Crippen LogP contribution is -2.33. The quantitative estimate of drug-likeness (QED) is 0.127. The van der Waals surface area contributed by atoms with Crippen molar-refractivity contribution in [3.8, 4) is 0 Å². The van der Waals surface area contributed by atoms with Gasteiger partial charge in [0.1, 0.15) is 11.9 Å². The van der Waals surface area contributed by atoms with E-state index in [0.29, 0.717) is 0 Å². The Bertz CT molecular complexity index is 793. The molecule has 0 N–H and O–H groups in total. The average molecular weight is 443 g/mol. The van der Waals surface area contributed by atoms with E-state index in [9.17, 15) is 4.79 Å². The van der Waals surface area contributed by atoms with Crippen LogP contribution in [0.1, 0.15) is 80.9 Å². The second kappa shape index (κ2) is 14.4. The van der Waals surface area contributed by atoms with Crippen molar-refractivity contribution in [2.75, 3.05) is 6.61 Å². The predicted molar refractivity (Wildman–Crippen MR) is 137 cm³/mol. The minimum absolute atomic E-state index is 0.606. The Labute approximate surface area is 200 Å². The maximum absolute atomic E-state index is 10.4. The molecule has 0 radical (unpaired) electrons. The highest BCUT2D eigenvalue weighted by Crippen LogP contribution is 2.40. The Kier molecular flexibility index (Phi) is 10.9. The summed E-state index contributed by atoms with van der Waals surface area (Å²) in [6.45, 7) is 0.727. The summed E-state index contributed by atoms with van der Waals surface area (Å²) in [6, 6.07) is 31.8. The standard InChI is InChI=1S/C31H38O2/c32-26-18-7-5-3-1-2-4-6-8-19-27-33-31(28-20-12-9-13-21-28,29-22-14-10-15-23-29)30-24-16-11-17-25-30/h9-17,20-26H,1-8,18-19,27H2. The van der Waals surface area contributed by atoms with E-state index in [1.165, 1.54) is 44.9 Å². The van der Waals surface area contributed by atoms with Crippen molar-refractivity contribution in [2.24, 2.45) is 0 Å². The lowest BCUT2D eigenvalue weighted by molar-refractivity contribution is -0.107. The van der Waals surface area contributed by atoms with Gasteiger partial charge >= 0.3 is 0 Å². The maximum atomic E-state index is 10.4. The molecule has 2 heteroatoms. The maximum Gasteiger partial charge on any atom is 0.143 e. The van der Waals surface area contributed by atoms with Gasteiger partial charge < -0.3 is 9.53 Å². The number of hydrogen-bond acceptors (Lipinski definition) is 2. The number of unbranched alkanes of at least 4 members (excludes halogenated alkanes) is 9. The molecule has 0 fully saturated rings. The van der Waals surface area contributed by atoms with Crippen LogP contribution in [-0.4, -0.2) is 12.9 Å². The molecule has 0 aliphatic heterocycles. The predicted octanol–water partition coefficient (Wildman–Crippen LogP) is 8.10. The molecule has 0 saturated heterocycles. The van der Waals surface area contributed by atoms with Gasteiger partial charge in [-0.1, -0.05) is 136 Å². The van der Waals surface area contributed by atoms with Gasteiger partial charge in [-0.15, -0.1) is 0 Å². The summed E-state index contributed by atoms with van der Waals surface area (Å²) in [4.78, 5) is 10.4. The first-order chi connectivity index (χ1) is 16.4. The molecule has 0 aliphatic rings. The van der Waals surface area contributed by atoms with Gasteiger partial charge in [0.2, 0.25) is 0 Å². The van der Waals surface area contributed by atoms with Crippen LogP contribution in [0.5, 0.6) is 0 Å². The second-order valence-electron chi connectivity index (χ2n) is 8.77. The van der Waals surface area contributed by atoms with Crippen molar-refractivity contribution in [3.05, 3.63) is 108 Å². The summed E-state index contributed by atoms with van der Waals surface area (Å²) >= 11 is 0. The van der Waals surface area contributed by atoms with E-state index in [1.54, 1.807) is 0 Å². The van der Waals surface area contributed by atoms with Crippen molar-refractivity contribution < 1.29 is 9.53 Å². The summed E-state index contributed by atoms with van der Waals surface area (Å²) in [7, 11) is 0. The van der Waals surface area contributed by atoms with Gasteiger partial charge in [0.15, 0.2) is 0 Å². The van der Waals surface area contributed by atoms with Crippen LogP contribution >= 0.6 is 0 Å². The minimum Gasteiger partial charge on any atom is -0.361 e. The van der Waals surface area contributed by atoms with Crippen molar-refractivity contribution in [2.45, 2.75) is 69.8 Å². The SMILES string of the molecule is O=CCCCCCCCCCCCOC(c1ccccc1)(c1ccccc1)c1ccccc1. The first-order valence-electron chi connectivity index (χ1n) is 12.6. The molecule has 0 atom stereocenters. The number of benzene rings is 3. The van der Waals surface area contributed by atoms with Gasteiger partial charge in [0.05, 0.1) is 0 Å². The van der Waals surface area contributed by atoms with E-state index in [0.717, 1.165) is 48.8 Å². The van der Waals surface area contributed by atoms with E-state index in [1.807, 2.05) is 0 Å². The average Bonchev–Trinajstić information content (AvgIpc) is 2.89. The monoisotopic (exact) mass is 442 g/mol. The first-order valence-corrected chi connectivity index (χ1v) is 12.6. The molecule has 0 spiro atoms. The number of hydrogen-bond donors (Lipinski definition) is 0. The van der Waals surface area contributed by atoms with E-state index < -0.39 is 5.60 Å². The van der Waals surface area contributed by atoms with Gasteiger partial charge in [-0.05, 0) is 29.5 Å². The molecular formula is C31H38O2. The summed E-state index contributed by atoms with van der Waals surface area (Å²) in [5.41, 5.74) is 2.89. The first kappa shape index (κ1) is 24.9. The molecule has 0 unspecified atom stereocenters. The van der Waals surface area contributed by atoms with Gasteiger partial charge in [-0.3, -0.25) is 0 Å². The van der Waals surface area contributed by atoms with Crippen LogP contribution in [-0.2, 0) is 15.1 Å². The van der Waals surface area contributed by atoms with Crippen molar-refractivity contribution in [1.82, 2.24) is 0 Å². The van der Waals surface area contributed by atoms with Crippen LogP contribution in [0.4, 0.5) is 0 Å². The van der Waals surface area contributed by atoms with Crippen LogP contribution in [0.2, 0.25) is 0 Å². The molecular weight excluding hydrogens is 404 g/mol. The van der Waals surface area contributed by atoms with Crippen molar-refractivity contribution in [3.63, 3.8) is 0 Å². The molecule has 3 aromatic carbocycles. The number of carbonyl (C=O) groups excluding carboxylic acids is 1. The van der Waals surface area contributed by atoms with Crippen LogP contribution < -0.4 is 0 Å². The topological polar surface area (TPSA) is 26.3 Å². The molecule has 2 nitrogen and oxygen atoms in total. The Hall–Kier alpha value is -2.71. The fourth-order valence-corrected chi connectivity index (χ4v) is 4.56. The highest BCUT2D eigenvalue weighted by Gasteiger charge is 2.37. The van der Waals surface area contributed by atoms with Crippen LogP contribution in [0.15, 0.2) is 91.0 Å². The number of ether oxygens (including phenoxy) is 1. The van der Waals surface area contributed by atoms with E-state index in [2.05, 4.69) is 91.0 Å². The third kappa shape index (κ3) is 7.40. The summed E-state index contributed by atoms with van der Waals surface area (Å²) in [5.74, 6) is 0. The zero-order valence-corrected chi connectivity index (χ0v) is 19.8. The molecule has 0 aromatic heterocycles. The minimum atomic E-state index is -0.606. The normalized spacial score (nSPS) is 11.4. The summed E-state index contributed by atoms with van der Waals surface area (Å²) in [6.07, 6.45) is 12.6. The molecule has 0 bridgehead atoms. The lowest BCUT2D eigenvalue weighted by Gasteiger charge is -2.36. The molecule has 0 aliphatic carbocycles. The Morgan fingerprint density at radius 3 is 1.27 bits per heavy atom. The third-order valence-electron chi connectivity index (χ3n) is 6.33. The Morgan fingerprint density at radius 2 is 0.879 bits per heavy atom. The smallest absolute Gasteiger partial charge is 0.143 e. The van der Waals surface area contributed by atoms with Crippen LogP contribution in [0, 0.1) is 0 Å². The highest BCUT2D eigenvalue weighted by atomic mass is 16.5. The van der Waals surface area contributed by atoms with E-state index >= 15 is 0 Å². The number of aldehydes is 1. The molecule has 33 heavy (non-hydrogen) atoms. The second-order valence-corrected chi connectivity index (χ2v) is 8.77. The molecule has 0 heterocycles. The zero-order valence-electron chi connectivity index (χ0n) is 19.8. The van der Waals surface area contributed by atoms with Crippen molar-refractivity contribution >= 4 is 6.29 Å². The van der Waals surface area contributed by atoms with Gasteiger partial charge in [0.25, 0.3) is 0 Å². The van der Waals surface area contributed by atoms with Gasteiger partial charge in [-0.2, -0.15) is 0 Å². The molecule has 0 saturated carbocycles. The van der Waals surface area contributed by atoms with Gasteiger partial charge in [0, 0.05) is 13.0 Å². The van der Waals surface area contributed by atoms with Crippen LogP contribution in [0.3, 0.4) is 0 Å².